The number of aryl methyl sites for hydroxylation is 1. The predicted molar refractivity (Wildman–Crippen MR) is 130 cm³/mol. The molecular formula is C24H30N2O5S2. The first-order valence-corrected chi connectivity index (χ1v) is 13.9. The quantitative estimate of drug-likeness (QED) is 0.600. The third-order valence-electron chi connectivity index (χ3n) is 6.12. The Bertz CT molecular complexity index is 1140. The number of hydrogen-bond acceptors (Lipinski definition) is 7. The maximum Gasteiger partial charge on any atom is 0.305 e. The number of thiophene rings is 1. The van der Waals surface area contributed by atoms with Crippen LogP contribution in [0.15, 0.2) is 35.2 Å². The largest absolute Gasteiger partial charge is 0.488 e. The van der Waals surface area contributed by atoms with Crippen molar-refractivity contribution in [2.24, 2.45) is 0 Å². The highest BCUT2D eigenvalue weighted by atomic mass is 32.2. The number of hydrogen-bond donors (Lipinski definition) is 1. The number of likely N-dealkylation sites (tertiary alicyclic amines) is 1. The number of nitrogens with zero attached hydrogens (tertiary/aromatic N) is 1. The Balaban J connectivity index is 1.59. The van der Waals surface area contributed by atoms with Crippen LogP contribution in [0.25, 0.3) is 5.57 Å². The van der Waals surface area contributed by atoms with Gasteiger partial charge >= 0.3 is 5.97 Å². The number of carbonyl (C=O) groups is 1. The number of nitrogens with one attached hydrogen (secondary N) is 1. The highest BCUT2D eigenvalue weighted by molar-refractivity contribution is 7.88. The summed E-state index contributed by atoms with van der Waals surface area (Å²) in [5, 5.41) is 2.12. The summed E-state index contributed by atoms with van der Waals surface area (Å²) < 4.78 is 36.2. The van der Waals surface area contributed by atoms with Crippen LogP contribution in [0.1, 0.15) is 40.8 Å². The first-order valence-electron chi connectivity index (χ1n) is 11.1. The molecule has 7 nitrogen and oxygen atoms in total. The van der Waals surface area contributed by atoms with Crippen LogP contribution in [0, 0.1) is 0 Å². The smallest absolute Gasteiger partial charge is 0.305 e. The molecule has 4 rings (SSSR count). The van der Waals surface area contributed by atoms with Gasteiger partial charge in [-0.15, -0.1) is 11.3 Å². The van der Waals surface area contributed by atoms with E-state index in [1.807, 2.05) is 12.1 Å². The zero-order chi connectivity index (χ0) is 23.4. The molecule has 1 saturated heterocycles. The maximum atomic E-state index is 11.6. The van der Waals surface area contributed by atoms with Gasteiger partial charge in [0.15, 0.2) is 0 Å². The van der Waals surface area contributed by atoms with Crippen LogP contribution in [0.4, 0.5) is 0 Å². The lowest BCUT2D eigenvalue weighted by molar-refractivity contribution is -0.140. The van der Waals surface area contributed by atoms with Crippen LogP contribution in [0.5, 0.6) is 5.75 Å². The Morgan fingerprint density at radius 3 is 2.76 bits per heavy atom. The summed E-state index contributed by atoms with van der Waals surface area (Å²) in [6, 6.07) is 8.35. The number of fused-ring (bicyclic) bond motifs is 2. The summed E-state index contributed by atoms with van der Waals surface area (Å²) in [6.07, 6.45) is 4.02. The minimum Gasteiger partial charge on any atom is -0.488 e. The molecule has 1 fully saturated rings. The van der Waals surface area contributed by atoms with Crippen LogP contribution in [0.3, 0.4) is 0 Å². The Labute approximate surface area is 199 Å². The molecule has 1 aromatic carbocycles. The fourth-order valence-corrected chi connectivity index (χ4v) is 5.87. The van der Waals surface area contributed by atoms with Crippen molar-refractivity contribution in [3.8, 4) is 5.75 Å². The molecule has 0 spiro atoms. The molecule has 178 valence electrons. The Kier molecular flexibility index (Phi) is 7.53. The number of sulfonamides is 1. The third-order valence-corrected chi connectivity index (χ3v) is 7.82. The molecule has 0 unspecified atom stereocenters. The molecule has 2 aliphatic rings. The van der Waals surface area contributed by atoms with E-state index in [1.54, 1.807) is 11.3 Å². The van der Waals surface area contributed by atoms with Gasteiger partial charge in [0, 0.05) is 54.2 Å². The molecule has 1 N–H and O–H groups in total. The average molecular weight is 491 g/mol. The van der Waals surface area contributed by atoms with Crippen molar-refractivity contribution in [2.75, 3.05) is 39.5 Å². The molecule has 3 heterocycles. The second-order valence-corrected chi connectivity index (χ2v) is 11.2. The lowest BCUT2D eigenvalue weighted by atomic mass is 9.89. The third kappa shape index (κ3) is 6.03. The van der Waals surface area contributed by atoms with Crippen LogP contribution >= 0.6 is 11.3 Å². The standard InChI is InChI=1S/C24H30N2O5S2/c1-30-22(27)6-4-17-3-5-21-20(15-17)23(24-19(16-31-21)9-14-32-24)18-7-11-26(12-8-18)13-10-25-33(2,28)29/h3,5,9,14-15,25H,4,6-8,10-13,16H2,1-2H3. The van der Waals surface area contributed by atoms with Crippen molar-refractivity contribution >= 4 is 32.9 Å². The molecule has 0 radical (unpaired) electrons. The topological polar surface area (TPSA) is 84.9 Å². The van der Waals surface area contributed by atoms with Crippen molar-refractivity contribution in [3.05, 3.63) is 56.8 Å². The Morgan fingerprint density at radius 1 is 1.24 bits per heavy atom. The summed E-state index contributed by atoms with van der Waals surface area (Å²) in [5.74, 6) is 0.667. The second kappa shape index (κ2) is 10.4. The van der Waals surface area contributed by atoms with Gasteiger partial charge in [-0.25, -0.2) is 13.1 Å². The van der Waals surface area contributed by atoms with E-state index < -0.39 is 10.0 Å². The van der Waals surface area contributed by atoms with E-state index in [0.29, 0.717) is 32.5 Å². The molecule has 9 heteroatoms. The van der Waals surface area contributed by atoms with Gasteiger partial charge in [-0.2, -0.15) is 0 Å². The summed E-state index contributed by atoms with van der Waals surface area (Å²) in [7, 11) is -1.75. The van der Waals surface area contributed by atoms with Gasteiger partial charge in [0.25, 0.3) is 0 Å². The minimum atomic E-state index is -3.16. The van der Waals surface area contributed by atoms with E-state index in [2.05, 4.69) is 27.1 Å². The number of benzene rings is 1. The summed E-state index contributed by atoms with van der Waals surface area (Å²) in [4.78, 5) is 15.2. The predicted octanol–water partition coefficient (Wildman–Crippen LogP) is 3.19. The molecule has 1 aromatic heterocycles. The van der Waals surface area contributed by atoms with Crippen molar-refractivity contribution in [3.63, 3.8) is 0 Å². The highest BCUT2D eigenvalue weighted by Gasteiger charge is 2.26. The van der Waals surface area contributed by atoms with Gasteiger partial charge in [0.1, 0.15) is 12.4 Å². The number of ether oxygens (including phenoxy) is 2. The van der Waals surface area contributed by atoms with Gasteiger partial charge in [-0.1, -0.05) is 11.6 Å². The van der Waals surface area contributed by atoms with Crippen LogP contribution in [0.2, 0.25) is 0 Å². The van der Waals surface area contributed by atoms with E-state index in [-0.39, 0.29) is 5.97 Å². The van der Waals surface area contributed by atoms with Crippen molar-refractivity contribution < 1.29 is 22.7 Å². The van der Waals surface area contributed by atoms with Gasteiger partial charge in [0.2, 0.25) is 10.0 Å². The number of esters is 1. The maximum absolute atomic E-state index is 11.6. The molecule has 0 bridgehead atoms. The van der Waals surface area contributed by atoms with Crippen molar-refractivity contribution in [1.29, 1.82) is 0 Å². The summed E-state index contributed by atoms with van der Waals surface area (Å²) >= 11 is 1.75. The summed E-state index contributed by atoms with van der Waals surface area (Å²) in [6.45, 7) is 3.47. The van der Waals surface area contributed by atoms with E-state index in [9.17, 15) is 13.2 Å². The molecule has 0 aliphatic carbocycles. The van der Waals surface area contributed by atoms with Gasteiger partial charge < -0.3 is 14.4 Å². The average Bonchev–Trinajstić information content (AvgIpc) is 3.19. The lowest BCUT2D eigenvalue weighted by Gasteiger charge is -2.30. The second-order valence-electron chi connectivity index (χ2n) is 8.46. The number of piperidine rings is 1. The van der Waals surface area contributed by atoms with Gasteiger partial charge in [0.05, 0.1) is 13.4 Å². The SMILES string of the molecule is COC(=O)CCc1ccc2c(c1)C(=C1CCN(CCNS(C)(=O)=O)CC1)c1sccc1CO2. The first-order chi connectivity index (χ1) is 15.8. The molecule has 2 aromatic rings. The van der Waals surface area contributed by atoms with E-state index in [0.717, 1.165) is 42.8 Å². The van der Waals surface area contributed by atoms with Gasteiger partial charge in [-0.05, 0) is 48.4 Å². The number of methoxy groups -OCH3 is 1. The van der Waals surface area contributed by atoms with E-state index in [4.69, 9.17) is 9.47 Å². The molecule has 33 heavy (non-hydrogen) atoms. The molecule has 0 amide bonds. The van der Waals surface area contributed by atoms with Crippen LogP contribution in [-0.2, 0) is 32.6 Å². The van der Waals surface area contributed by atoms with Crippen LogP contribution in [-0.4, -0.2) is 58.8 Å². The van der Waals surface area contributed by atoms with E-state index in [1.165, 1.54) is 35.0 Å². The highest BCUT2D eigenvalue weighted by Crippen LogP contribution is 2.43. The Hall–Kier alpha value is -2.20. The lowest BCUT2D eigenvalue weighted by Crippen LogP contribution is -2.38. The molecule has 0 atom stereocenters. The molecule has 2 aliphatic heterocycles. The fourth-order valence-electron chi connectivity index (χ4n) is 4.39. The summed E-state index contributed by atoms with van der Waals surface area (Å²) in [5.41, 5.74) is 6.06. The Morgan fingerprint density at radius 2 is 2.03 bits per heavy atom. The zero-order valence-electron chi connectivity index (χ0n) is 19.1. The normalized spacial score (nSPS) is 16.5. The van der Waals surface area contributed by atoms with E-state index >= 15 is 0 Å². The number of carbonyl (C=O) groups excluding carboxylic acids is 1. The molecular weight excluding hydrogens is 460 g/mol. The monoisotopic (exact) mass is 490 g/mol. The molecule has 0 saturated carbocycles. The van der Waals surface area contributed by atoms with Crippen molar-refractivity contribution in [2.45, 2.75) is 32.3 Å². The van der Waals surface area contributed by atoms with Crippen LogP contribution < -0.4 is 9.46 Å². The minimum absolute atomic E-state index is 0.210. The van der Waals surface area contributed by atoms with Crippen molar-refractivity contribution in [1.82, 2.24) is 9.62 Å². The van der Waals surface area contributed by atoms with Gasteiger partial charge in [-0.3, -0.25) is 4.79 Å². The number of rotatable bonds is 7. The fraction of sp³-hybridized carbons (Fsp3) is 0.458. The first kappa shape index (κ1) is 23.9. The zero-order valence-corrected chi connectivity index (χ0v) is 20.7.